The number of aromatic carboxylic acids is 1. The third kappa shape index (κ3) is 3.06. The molecule has 0 saturated heterocycles. The third-order valence-corrected chi connectivity index (χ3v) is 3.31. The maximum Gasteiger partial charge on any atom is 0.341 e. The van der Waals surface area contributed by atoms with Crippen LogP contribution in [-0.4, -0.2) is 28.2 Å². The number of rotatable bonds is 5. The Bertz CT molecular complexity index is 850. The zero-order valence-electron chi connectivity index (χ0n) is 12.4. The van der Waals surface area contributed by atoms with Crippen molar-refractivity contribution in [3.05, 3.63) is 59.8 Å². The Morgan fingerprint density at radius 1 is 1.17 bits per heavy atom. The number of fused-ring (bicyclic) bond motifs is 1. The van der Waals surface area contributed by atoms with Crippen molar-refractivity contribution in [2.24, 2.45) is 0 Å². The van der Waals surface area contributed by atoms with Crippen LogP contribution in [0.2, 0.25) is 0 Å². The van der Waals surface area contributed by atoms with E-state index in [4.69, 9.17) is 9.47 Å². The number of nitrogens with zero attached hydrogens (tertiary/aromatic N) is 2. The van der Waals surface area contributed by atoms with Gasteiger partial charge < -0.3 is 14.6 Å². The fourth-order valence-electron chi connectivity index (χ4n) is 2.17. The Labute approximate surface area is 132 Å². The summed E-state index contributed by atoms with van der Waals surface area (Å²) in [6, 6.07) is 12.9. The lowest BCUT2D eigenvalue weighted by atomic mass is 10.2. The molecule has 0 aliphatic rings. The van der Waals surface area contributed by atoms with Gasteiger partial charge in [0.1, 0.15) is 17.7 Å². The number of aromatic nitrogens is 2. The minimum atomic E-state index is -1.12. The van der Waals surface area contributed by atoms with Crippen molar-refractivity contribution in [1.82, 2.24) is 9.97 Å². The molecule has 0 aliphatic heterocycles. The maximum absolute atomic E-state index is 11.5. The second kappa shape index (κ2) is 6.31. The molecule has 0 amide bonds. The van der Waals surface area contributed by atoms with E-state index in [0.717, 1.165) is 5.56 Å². The van der Waals surface area contributed by atoms with Crippen LogP contribution in [0.15, 0.2) is 48.7 Å². The Hall–Kier alpha value is -3.15. The first-order chi connectivity index (χ1) is 11.2. The van der Waals surface area contributed by atoms with Gasteiger partial charge in [-0.3, -0.25) is 4.98 Å². The SMILES string of the molecule is COc1ccc2ncc(C(=O)O)c(OCc3ccccc3)c2n1. The zero-order valence-corrected chi connectivity index (χ0v) is 12.4. The summed E-state index contributed by atoms with van der Waals surface area (Å²) in [5, 5.41) is 9.37. The van der Waals surface area contributed by atoms with Gasteiger partial charge in [0.15, 0.2) is 5.75 Å². The van der Waals surface area contributed by atoms with Gasteiger partial charge in [0, 0.05) is 12.3 Å². The van der Waals surface area contributed by atoms with E-state index in [1.54, 1.807) is 12.1 Å². The lowest BCUT2D eigenvalue weighted by Gasteiger charge is -2.12. The van der Waals surface area contributed by atoms with Gasteiger partial charge in [0.25, 0.3) is 0 Å². The van der Waals surface area contributed by atoms with E-state index >= 15 is 0 Å². The van der Waals surface area contributed by atoms with Crippen LogP contribution in [0.5, 0.6) is 11.6 Å². The normalized spacial score (nSPS) is 10.5. The van der Waals surface area contributed by atoms with Gasteiger partial charge >= 0.3 is 5.97 Å². The summed E-state index contributed by atoms with van der Waals surface area (Å²) < 4.78 is 10.9. The van der Waals surface area contributed by atoms with Crippen molar-refractivity contribution in [1.29, 1.82) is 0 Å². The molecule has 3 rings (SSSR count). The average molecular weight is 310 g/mol. The molecule has 0 saturated carbocycles. The number of pyridine rings is 2. The monoisotopic (exact) mass is 310 g/mol. The third-order valence-electron chi connectivity index (χ3n) is 3.31. The smallest absolute Gasteiger partial charge is 0.341 e. The molecular formula is C17H14N2O4. The van der Waals surface area contributed by atoms with Gasteiger partial charge in [-0.2, -0.15) is 0 Å². The average Bonchev–Trinajstić information content (AvgIpc) is 2.59. The molecule has 0 atom stereocenters. The minimum absolute atomic E-state index is 0.0332. The largest absolute Gasteiger partial charge is 0.486 e. The van der Waals surface area contributed by atoms with Crippen LogP contribution in [0.1, 0.15) is 15.9 Å². The Morgan fingerprint density at radius 2 is 1.96 bits per heavy atom. The van der Waals surface area contributed by atoms with E-state index < -0.39 is 5.97 Å². The molecule has 0 radical (unpaired) electrons. The van der Waals surface area contributed by atoms with Gasteiger partial charge in [-0.1, -0.05) is 30.3 Å². The van der Waals surface area contributed by atoms with Gasteiger partial charge in [-0.15, -0.1) is 0 Å². The molecule has 0 fully saturated rings. The molecule has 1 N–H and O–H groups in total. The fourth-order valence-corrected chi connectivity index (χ4v) is 2.17. The minimum Gasteiger partial charge on any atom is -0.486 e. The van der Waals surface area contributed by atoms with E-state index in [0.29, 0.717) is 16.9 Å². The molecule has 23 heavy (non-hydrogen) atoms. The zero-order chi connectivity index (χ0) is 16.2. The highest BCUT2D eigenvalue weighted by Gasteiger charge is 2.18. The molecule has 0 aliphatic carbocycles. The summed E-state index contributed by atoms with van der Waals surface area (Å²) in [5.74, 6) is -0.566. The van der Waals surface area contributed by atoms with E-state index in [1.165, 1.54) is 13.3 Å². The predicted molar refractivity (Wildman–Crippen MR) is 83.8 cm³/mol. The second-order valence-electron chi connectivity index (χ2n) is 4.80. The van der Waals surface area contributed by atoms with Crippen molar-refractivity contribution in [3.8, 4) is 11.6 Å². The number of carboxylic acid groups (broad SMARTS) is 1. The maximum atomic E-state index is 11.5. The number of methoxy groups -OCH3 is 1. The van der Waals surface area contributed by atoms with Crippen LogP contribution in [-0.2, 0) is 6.61 Å². The van der Waals surface area contributed by atoms with Crippen LogP contribution in [0, 0.1) is 0 Å². The second-order valence-corrected chi connectivity index (χ2v) is 4.80. The van der Waals surface area contributed by atoms with Crippen molar-refractivity contribution < 1.29 is 19.4 Å². The van der Waals surface area contributed by atoms with E-state index in [9.17, 15) is 9.90 Å². The first-order valence-electron chi connectivity index (χ1n) is 6.93. The number of carboxylic acids is 1. The van der Waals surface area contributed by atoms with E-state index in [-0.39, 0.29) is 17.9 Å². The van der Waals surface area contributed by atoms with E-state index in [1.807, 2.05) is 30.3 Å². The molecular weight excluding hydrogens is 296 g/mol. The summed E-state index contributed by atoms with van der Waals surface area (Å²) in [4.78, 5) is 19.8. The highest BCUT2D eigenvalue weighted by atomic mass is 16.5. The molecule has 0 unspecified atom stereocenters. The van der Waals surface area contributed by atoms with Crippen LogP contribution in [0.25, 0.3) is 11.0 Å². The number of benzene rings is 1. The quantitative estimate of drug-likeness (QED) is 0.780. The number of hydrogen-bond donors (Lipinski definition) is 1. The number of ether oxygens (including phenoxy) is 2. The van der Waals surface area contributed by atoms with Crippen LogP contribution in [0.3, 0.4) is 0 Å². The molecule has 3 aromatic rings. The van der Waals surface area contributed by atoms with Gasteiger partial charge in [0.2, 0.25) is 5.88 Å². The summed E-state index contributed by atoms with van der Waals surface area (Å²) >= 11 is 0. The lowest BCUT2D eigenvalue weighted by Crippen LogP contribution is -2.06. The van der Waals surface area contributed by atoms with Gasteiger partial charge in [-0.05, 0) is 11.6 Å². The summed E-state index contributed by atoms with van der Waals surface area (Å²) in [5.41, 5.74) is 1.80. The summed E-state index contributed by atoms with van der Waals surface area (Å²) in [6.07, 6.45) is 1.28. The van der Waals surface area contributed by atoms with Crippen LogP contribution >= 0.6 is 0 Å². The topological polar surface area (TPSA) is 81.5 Å². The predicted octanol–water partition coefficient (Wildman–Crippen LogP) is 2.92. The first kappa shape index (κ1) is 14.8. The molecule has 116 valence electrons. The molecule has 2 heterocycles. The van der Waals surface area contributed by atoms with E-state index in [2.05, 4.69) is 9.97 Å². The number of hydrogen-bond acceptors (Lipinski definition) is 5. The molecule has 0 bridgehead atoms. The Balaban J connectivity index is 2.06. The molecule has 6 nitrogen and oxygen atoms in total. The number of carbonyl (C=O) groups is 1. The van der Waals surface area contributed by atoms with Crippen LogP contribution < -0.4 is 9.47 Å². The van der Waals surface area contributed by atoms with Crippen molar-refractivity contribution >= 4 is 17.0 Å². The standard InChI is InChI=1S/C17H14N2O4/c1-22-14-8-7-13-15(19-14)16(12(9-18-13)17(20)21)23-10-11-5-3-2-4-6-11/h2-9H,10H2,1H3,(H,20,21). The van der Waals surface area contributed by atoms with Crippen molar-refractivity contribution in [2.45, 2.75) is 6.61 Å². The molecule has 0 spiro atoms. The van der Waals surface area contributed by atoms with Crippen molar-refractivity contribution in [3.63, 3.8) is 0 Å². The summed E-state index contributed by atoms with van der Waals surface area (Å²) in [7, 11) is 1.49. The lowest BCUT2D eigenvalue weighted by molar-refractivity contribution is 0.0691. The molecule has 1 aromatic carbocycles. The van der Waals surface area contributed by atoms with Gasteiger partial charge in [0.05, 0.1) is 12.6 Å². The van der Waals surface area contributed by atoms with Crippen LogP contribution in [0.4, 0.5) is 0 Å². The Kier molecular flexibility index (Phi) is 4.05. The highest BCUT2D eigenvalue weighted by Crippen LogP contribution is 2.29. The van der Waals surface area contributed by atoms with Gasteiger partial charge in [-0.25, -0.2) is 9.78 Å². The summed E-state index contributed by atoms with van der Waals surface area (Å²) in [6.45, 7) is 0.235. The first-order valence-corrected chi connectivity index (χ1v) is 6.93. The highest BCUT2D eigenvalue weighted by molar-refractivity contribution is 5.97. The Morgan fingerprint density at radius 3 is 2.65 bits per heavy atom. The van der Waals surface area contributed by atoms with Crippen molar-refractivity contribution in [2.75, 3.05) is 7.11 Å². The molecule has 2 aromatic heterocycles. The molecule has 6 heteroatoms. The fraction of sp³-hybridized carbons (Fsp3) is 0.118.